The van der Waals surface area contributed by atoms with Crippen LogP contribution in [0.5, 0.6) is 5.75 Å². The minimum absolute atomic E-state index is 0.0291. The number of benzene rings is 1. The van der Waals surface area contributed by atoms with Crippen LogP contribution in [0.3, 0.4) is 0 Å². The minimum Gasteiger partial charge on any atom is -0.497 e. The molecular weight excluding hydrogens is 302 g/mol. The summed E-state index contributed by atoms with van der Waals surface area (Å²) < 4.78 is 10.7. The molecule has 0 saturated carbocycles. The van der Waals surface area contributed by atoms with Crippen molar-refractivity contribution in [1.29, 1.82) is 5.41 Å². The van der Waals surface area contributed by atoms with Crippen LogP contribution in [-0.2, 0) is 0 Å². The second-order valence-electron chi connectivity index (χ2n) is 6.09. The van der Waals surface area contributed by atoms with E-state index in [1.165, 1.54) is 19.3 Å². The topological polar surface area (TPSA) is 61.5 Å². The van der Waals surface area contributed by atoms with Gasteiger partial charge in [0.25, 0.3) is 0 Å². The minimum atomic E-state index is 0.0291. The SMILES string of the molecule is CCCCCCC1Nc2occc2C(=N)N1c1ccc(OC)cc1. The van der Waals surface area contributed by atoms with Gasteiger partial charge in [-0.3, -0.25) is 5.41 Å². The van der Waals surface area contributed by atoms with Crippen molar-refractivity contribution in [3.8, 4) is 5.75 Å². The summed E-state index contributed by atoms with van der Waals surface area (Å²) in [7, 11) is 1.66. The molecule has 0 radical (unpaired) electrons. The summed E-state index contributed by atoms with van der Waals surface area (Å²) in [5, 5.41) is 12.1. The molecule has 0 aliphatic carbocycles. The van der Waals surface area contributed by atoms with E-state index >= 15 is 0 Å². The zero-order valence-electron chi connectivity index (χ0n) is 14.3. The fourth-order valence-corrected chi connectivity index (χ4v) is 3.13. The van der Waals surface area contributed by atoms with Crippen molar-refractivity contribution < 1.29 is 9.15 Å². The lowest BCUT2D eigenvalue weighted by atomic mass is 10.1. The van der Waals surface area contributed by atoms with Gasteiger partial charge in [-0.15, -0.1) is 0 Å². The molecule has 1 unspecified atom stereocenters. The lowest BCUT2D eigenvalue weighted by Crippen LogP contribution is -2.48. The summed E-state index contributed by atoms with van der Waals surface area (Å²) in [6, 6.07) is 9.70. The van der Waals surface area contributed by atoms with Crippen LogP contribution in [0.4, 0.5) is 11.6 Å². The first-order chi connectivity index (χ1) is 11.7. The first kappa shape index (κ1) is 16.4. The molecule has 5 nitrogen and oxygen atoms in total. The summed E-state index contributed by atoms with van der Waals surface area (Å²) in [6.45, 7) is 2.22. The molecule has 2 aromatic rings. The third kappa shape index (κ3) is 3.25. The molecule has 1 aliphatic rings. The van der Waals surface area contributed by atoms with Crippen molar-refractivity contribution in [2.75, 3.05) is 17.3 Å². The number of hydrogen-bond donors (Lipinski definition) is 2. The van der Waals surface area contributed by atoms with Crippen molar-refractivity contribution in [2.24, 2.45) is 0 Å². The molecule has 128 valence electrons. The molecule has 1 aromatic carbocycles. The number of amidine groups is 1. The standard InChI is InChI=1S/C19H25N3O2/c1-3-4-5-6-7-17-21-19-16(12-13-24-19)18(20)22(17)14-8-10-15(23-2)11-9-14/h8-13,17,20-21H,3-7H2,1-2H3. The van der Waals surface area contributed by atoms with Crippen LogP contribution >= 0.6 is 0 Å². The van der Waals surface area contributed by atoms with Crippen LogP contribution in [0, 0.1) is 5.41 Å². The maximum Gasteiger partial charge on any atom is 0.205 e. The molecule has 0 spiro atoms. The number of anilines is 2. The molecular formula is C19H25N3O2. The number of furan rings is 1. The molecule has 5 heteroatoms. The molecule has 0 amide bonds. The van der Waals surface area contributed by atoms with Gasteiger partial charge in [-0.05, 0) is 43.2 Å². The maximum absolute atomic E-state index is 8.62. The van der Waals surface area contributed by atoms with E-state index in [1.54, 1.807) is 13.4 Å². The Balaban J connectivity index is 1.84. The summed E-state index contributed by atoms with van der Waals surface area (Å²) in [4.78, 5) is 2.04. The Kier molecular flexibility index (Phi) is 5.08. The second kappa shape index (κ2) is 7.43. The van der Waals surface area contributed by atoms with Gasteiger partial charge in [0, 0.05) is 5.69 Å². The van der Waals surface area contributed by atoms with Crippen LogP contribution in [0.15, 0.2) is 41.0 Å². The smallest absolute Gasteiger partial charge is 0.205 e. The molecule has 3 rings (SSSR count). The Labute approximate surface area is 143 Å². The van der Waals surface area contributed by atoms with E-state index < -0.39 is 0 Å². The van der Waals surface area contributed by atoms with Gasteiger partial charge in [0.05, 0.1) is 18.9 Å². The van der Waals surface area contributed by atoms with E-state index in [4.69, 9.17) is 14.6 Å². The number of rotatable bonds is 7. The molecule has 24 heavy (non-hydrogen) atoms. The quantitative estimate of drug-likeness (QED) is 0.714. The summed E-state index contributed by atoms with van der Waals surface area (Å²) in [5.41, 5.74) is 1.79. The maximum atomic E-state index is 8.62. The number of unbranched alkanes of at least 4 members (excludes halogenated alkanes) is 3. The molecule has 1 atom stereocenters. The van der Waals surface area contributed by atoms with Crippen molar-refractivity contribution in [3.63, 3.8) is 0 Å². The molecule has 2 heterocycles. The van der Waals surface area contributed by atoms with E-state index in [9.17, 15) is 0 Å². The largest absolute Gasteiger partial charge is 0.497 e. The highest BCUT2D eigenvalue weighted by atomic mass is 16.5. The zero-order chi connectivity index (χ0) is 16.9. The van der Waals surface area contributed by atoms with Crippen LogP contribution in [0.25, 0.3) is 0 Å². The highest BCUT2D eigenvalue weighted by molar-refractivity contribution is 6.12. The Morgan fingerprint density at radius 3 is 2.67 bits per heavy atom. The molecule has 1 aromatic heterocycles. The summed E-state index contributed by atoms with van der Waals surface area (Å²) in [6.07, 6.45) is 7.44. The monoisotopic (exact) mass is 327 g/mol. The predicted molar refractivity (Wildman–Crippen MR) is 97.2 cm³/mol. The van der Waals surface area contributed by atoms with E-state index in [0.717, 1.165) is 29.8 Å². The number of ether oxygens (including phenoxy) is 1. The average molecular weight is 327 g/mol. The Bertz CT molecular complexity index is 678. The Hall–Kier alpha value is -2.43. The molecule has 0 bridgehead atoms. The van der Waals surface area contributed by atoms with Crippen LogP contribution < -0.4 is 15.0 Å². The predicted octanol–water partition coefficient (Wildman–Crippen LogP) is 4.84. The van der Waals surface area contributed by atoms with Crippen LogP contribution in [-0.4, -0.2) is 19.1 Å². The third-order valence-electron chi connectivity index (χ3n) is 4.45. The van der Waals surface area contributed by atoms with Gasteiger partial charge in [-0.1, -0.05) is 26.2 Å². The van der Waals surface area contributed by atoms with Crippen LogP contribution in [0.1, 0.15) is 44.6 Å². The fourth-order valence-electron chi connectivity index (χ4n) is 3.13. The van der Waals surface area contributed by atoms with E-state index in [2.05, 4.69) is 12.2 Å². The highest BCUT2D eigenvalue weighted by Gasteiger charge is 2.32. The Morgan fingerprint density at radius 1 is 1.17 bits per heavy atom. The molecule has 1 aliphatic heterocycles. The lowest BCUT2D eigenvalue weighted by Gasteiger charge is -2.38. The normalized spacial score (nSPS) is 16.7. The highest BCUT2D eigenvalue weighted by Crippen LogP contribution is 2.32. The van der Waals surface area contributed by atoms with Crippen molar-refractivity contribution >= 4 is 17.4 Å². The first-order valence-electron chi connectivity index (χ1n) is 8.61. The van der Waals surface area contributed by atoms with Crippen molar-refractivity contribution in [2.45, 2.75) is 45.2 Å². The van der Waals surface area contributed by atoms with E-state index in [0.29, 0.717) is 11.7 Å². The number of methoxy groups -OCH3 is 1. The molecule has 0 saturated heterocycles. The first-order valence-corrected chi connectivity index (χ1v) is 8.61. The fraction of sp³-hybridized carbons (Fsp3) is 0.421. The number of nitrogens with one attached hydrogen (secondary N) is 2. The van der Waals surface area contributed by atoms with E-state index in [-0.39, 0.29) is 6.17 Å². The van der Waals surface area contributed by atoms with Crippen molar-refractivity contribution in [3.05, 3.63) is 42.2 Å². The van der Waals surface area contributed by atoms with Gasteiger partial charge in [0.1, 0.15) is 17.8 Å². The van der Waals surface area contributed by atoms with Crippen molar-refractivity contribution in [1.82, 2.24) is 0 Å². The van der Waals surface area contributed by atoms with Crippen LogP contribution in [0.2, 0.25) is 0 Å². The van der Waals surface area contributed by atoms with Gasteiger partial charge in [-0.25, -0.2) is 0 Å². The third-order valence-corrected chi connectivity index (χ3v) is 4.45. The van der Waals surface area contributed by atoms with Gasteiger partial charge < -0.3 is 19.4 Å². The van der Waals surface area contributed by atoms with Gasteiger partial charge >= 0.3 is 0 Å². The lowest BCUT2D eigenvalue weighted by molar-refractivity contribution is 0.415. The summed E-state index contributed by atoms with van der Waals surface area (Å²) in [5.74, 6) is 1.99. The van der Waals surface area contributed by atoms with Gasteiger partial charge in [0.2, 0.25) is 5.88 Å². The second-order valence-corrected chi connectivity index (χ2v) is 6.09. The zero-order valence-corrected chi connectivity index (χ0v) is 14.3. The summed E-state index contributed by atoms with van der Waals surface area (Å²) >= 11 is 0. The van der Waals surface area contributed by atoms with E-state index in [1.807, 2.05) is 35.2 Å². The average Bonchev–Trinajstić information content (AvgIpc) is 3.08. The number of fused-ring (bicyclic) bond motifs is 1. The number of hydrogen-bond acceptors (Lipinski definition) is 4. The molecule has 0 fully saturated rings. The molecule has 2 N–H and O–H groups in total. The number of nitrogens with zero attached hydrogens (tertiary/aromatic N) is 1. The van der Waals surface area contributed by atoms with Gasteiger partial charge in [0.15, 0.2) is 0 Å². The van der Waals surface area contributed by atoms with Gasteiger partial charge in [-0.2, -0.15) is 0 Å². The Morgan fingerprint density at radius 2 is 1.96 bits per heavy atom.